The lowest BCUT2D eigenvalue weighted by atomic mass is 9.84. The molecule has 124 valence electrons. The highest BCUT2D eigenvalue weighted by Gasteiger charge is 2.32. The third-order valence-corrected chi connectivity index (χ3v) is 4.64. The number of aryl methyl sites for hydroxylation is 1. The molecule has 2 atom stereocenters. The first-order valence-electron chi connectivity index (χ1n) is 8.36. The Morgan fingerprint density at radius 3 is 3.00 bits per heavy atom. The SMILES string of the molecule is Cc1ccc(N[C@H]2CCC[C@@H](C(=O)N3CCNC(=O)C3)C2)nc1. The van der Waals surface area contributed by atoms with E-state index in [9.17, 15) is 9.59 Å². The molecule has 1 aromatic heterocycles. The number of nitrogens with one attached hydrogen (secondary N) is 2. The molecule has 1 aliphatic carbocycles. The molecule has 0 unspecified atom stereocenters. The molecule has 1 saturated heterocycles. The standard InChI is InChI=1S/C17H24N4O2/c1-12-5-6-15(19-10-12)20-14-4-2-3-13(9-14)17(23)21-8-7-18-16(22)11-21/h5-6,10,13-14H,2-4,7-9,11H2,1H3,(H,18,22)(H,19,20)/t13-,14+/m1/s1. The third kappa shape index (κ3) is 4.00. The molecule has 1 aliphatic heterocycles. The molecule has 0 aromatic carbocycles. The Morgan fingerprint density at radius 1 is 1.39 bits per heavy atom. The number of piperazine rings is 1. The van der Waals surface area contributed by atoms with Gasteiger partial charge >= 0.3 is 0 Å². The van der Waals surface area contributed by atoms with Crippen molar-refractivity contribution in [3.8, 4) is 0 Å². The van der Waals surface area contributed by atoms with Crippen LogP contribution in [-0.2, 0) is 9.59 Å². The maximum absolute atomic E-state index is 12.6. The molecule has 0 bridgehead atoms. The van der Waals surface area contributed by atoms with Crippen LogP contribution in [0.4, 0.5) is 5.82 Å². The van der Waals surface area contributed by atoms with E-state index in [1.807, 2.05) is 25.3 Å². The summed E-state index contributed by atoms with van der Waals surface area (Å²) >= 11 is 0. The fourth-order valence-corrected chi connectivity index (χ4v) is 3.39. The number of pyridine rings is 1. The normalized spacial score (nSPS) is 24.9. The Hall–Kier alpha value is -2.11. The number of anilines is 1. The summed E-state index contributed by atoms with van der Waals surface area (Å²) in [5.41, 5.74) is 1.13. The highest BCUT2D eigenvalue weighted by Crippen LogP contribution is 2.28. The molecule has 1 saturated carbocycles. The van der Waals surface area contributed by atoms with Gasteiger partial charge in [0.25, 0.3) is 0 Å². The van der Waals surface area contributed by atoms with Crippen LogP contribution in [0.25, 0.3) is 0 Å². The first-order chi connectivity index (χ1) is 11.1. The van der Waals surface area contributed by atoms with Gasteiger partial charge < -0.3 is 15.5 Å². The van der Waals surface area contributed by atoms with Crippen LogP contribution < -0.4 is 10.6 Å². The van der Waals surface area contributed by atoms with Gasteiger partial charge in [0.15, 0.2) is 0 Å². The Kier molecular flexibility index (Phi) is 4.79. The fourth-order valence-electron chi connectivity index (χ4n) is 3.39. The van der Waals surface area contributed by atoms with Gasteiger partial charge in [-0.2, -0.15) is 0 Å². The van der Waals surface area contributed by atoms with Crippen molar-refractivity contribution in [1.29, 1.82) is 0 Å². The van der Waals surface area contributed by atoms with Crippen LogP contribution in [0.1, 0.15) is 31.2 Å². The van der Waals surface area contributed by atoms with Crippen molar-refractivity contribution in [3.05, 3.63) is 23.9 Å². The Balaban J connectivity index is 1.58. The van der Waals surface area contributed by atoms with Crippen LogP contribution in [0, 0.1) is 12.8 Å². The van der Waals surface area contributed by atoms with Crippen molar-refractivity contribution in [2.45, 2.75) is 38.6 Å². The largest absolute Gasteiger partial charge is 0.367 e. The smallest absolute Gasteiger partial charge is 0.239 e. The number of hydrogen-bond donors (Lipinski definition) is 2. The fraction of sp³-hybridized carbons (Fsp3) is 0.588. The highest BCUT2D eigenvalue weighted by molar-refractivity contribution is 5.87. The summed E-state index contributed by atoms with van der Waals surface area (Å²) in [6, 6.07) is 4.29. The zero-order valence-corrected chi connectivity index (χ0v) is 13.5. The summed E-state index contributed by atoms with van der Waals surface area (Å²) in [5, 5.41) is 6.21. The summed E-state index contributed by atoms with van der Waals surface area (Å²) in [6.07, 6.45) is 5.66. The van der Waals surface area contributed by atoms with Crippen LogP contribution >= 0.6 is 0 Å². The van der Waals surface area contributed by atoms with Crippen molar-refractivity contribution >= 4 is 17.6 Å². The quantitative estimate of drug-likeness (QED) is 0.882. The van der Waals surface area contributed by atoms with E-state index >= 15 is 0 Å². The van der Waals surface area contributed by atoms with Crippen molar-refractivity contribution in [2.75, 3.05) is 25.0 Å². The highest BCUT2D eigenvalue weighted by atomic mass is 16.2. The van der Waals surface area contributed by atoms with E-state index in [1.54, 1.807) is 4.90 Å². The molecule has 6 nitrogen and oxygen atoms in total. The van der Waals surface area contributed by atoms with E-state index in [-0.39, 0.29) is 30.3 Å². The van der Waals surface area contributed by atoms with Crippen LogP contribution in [0.3, 0.4) is 0 Å². The molecular weight excluding hydrogens is 292 g/mol. The van der Waals surface area contributed by atoms with Crippen LogP contribution in [0.5, 0.6) is 0 Å². The summed E-state index contributed by atoms with van der Waals surface area (Å²) in [5.74, 6) is 0.950. The minimum absolute atomic E-state index is 0.0117. The van der Waals surface area contributed by atoms with E-state index in [4.69, 9.17) is 0 Å². The number of nitrogens with zero attached hydrogens (tertiary/aromatic N) is 2. The Morgan fingerprint density at radius 2 is 2.26 bits per heavy atom. The second kappa shape index (κ2) is 6.98. The van der Waals surface area contributed by atoms with E-state index in [1.165, 1.54) is 0 Å². The van der Waals surface area contributed by atoms with Gasteiger partial charge in [0.05, 0.1) is 6.54 Å². The molecule has 6 heteroatoms. The molecule has 2 amide bonds. The second-order valence-corrected chi connectivity index (χ2v) is 6.54. The molecule has 0 radical (unpaired) electrons. The summed E-state index contributed by atoms with van der Waals surface area (Å²) in [7, 11) is 0. The third-order valence-electron chi connectivity index (χ3n) is 4.64. The van der Waals surface area contributed by atoms with Gasteiger partial charge in [-0.3, -0.25) is 9.59 Å². The van der Waals surface area contributed by atoms with Gasteiger partial charge in [0.1, 0.15) is 5.82 Å². The minimum atomic E-state index is -0.0565. The zero-order chi connectivity index (χ0) is 16.2. The predicted octanol–water partition coefficient (Wildman–Crippen LogP) is 1.32. The van der Waals surface area contributed by atoms with Gasteiger partial charge in [0.2, 0.25) is 11.8 Å². The van der Waals surface area contributed by atoms with E-state index < -0.39 is 0 Å². The van der Waals surface area contributed by atoms with Gasteiger partial charge in [0, 0.05) is 31.2 Å². The molecular formula is C17H24N4O2. The summed E-state index contributed by atoms with van der Waals surface area (Å²) in [4.78, 5) is 30.2. The van der Waals surface area contributed by atoms with E-state index in [0.717, 1.165) is 37.1 Å². The van der Waals surface area contributed by atoms with Crippen molar-refractivity contribution in [1.82, 2.24) is 15.2 Å². The molecule has 3 rings (SSSR count). The zero-order valence-electron chi connectivity index (χ0n) is 13.5. The van der Waals surface area contributed by atoms with Crippen LogP contribution in [0.15, 0.2) is 18.3 Å². The van der Waals surface area contributed by atoms with Gasteiger partial charge in [-0.25, -0.2) is 4.98 Å². The molecule has 1 aromatic rings. The number of aromatic nitrogens is 1. The Bertz CT molecular complexity index is 572. The first-order valence-corrected chi connectivity index (χ1v) is 8.36. The number of amides is 2. The molecule has 2 N–H and O–H groups in total. The van der Waals surface area contributed by atoms with Crippen molar-refractivity contribution in [2.24, 2.45) is 5.92 Å². The molecule has 0 spiro atoms. The van der Waals surface area contributed by atoms with E-state index in [0.29, 0.717) is 13.1 Å². The molecule has 2 heterocycles. The lowest BCUT2D eigenvalue weighted by Gasteiger charge is -2.34. The first kappa shape index (κ1) is 15.8. The van der Waals surface area contributed by atoms with Crippen molar-refractivity contribution in [3.63, 3.8) is 0 Å². The predicted molar refractivity (Wildman–Crippen MR) is 87.9 cm³/mol. The number of hydrogen-bond acceptors (Lipinski definition) is 4. The van der Waals surface area contributed by atoms with Crippen LogP contribution in [0.2, 0.25) is 0 Å². The molecule has 2 fully saturated rings. The monoisotopic (exact) mass is 316 g/mol. The lowest BCUT2D eigenvalue weighted by molar-refractivity contribution is -0.142. The average Bonchev–Trinajstić information content (AvgIpc) is 2.56. The maximum atomic E-state index is 12.6. The van der Waals surface area contributed by atoms with Crippen LogP contribution in [-0.4, -0.2) is 47.4 Å². The minimum Gasteiger partial charge on any atom is -0.367 e. The maximum Gasteiger partial charge on any atom is 0.239 e. The second-order valence-electron chi connectivity index (χ2n) is 6.54. The average molecular weight is 316 g/mol. The molecule has 23 heavy (non-hydrogen) atoms. The number of carbonyl (C=O) groups is 2. The van der Waals surface area contributed by atoms with Gasteiger partial charge in [-0.15, -0.1) is 0 Å². The topological polar surface area (TPSA) is 74.3 Å². The molecule has 2 aliphatic rings. The van der Waals surface area contributed by atoms with E-state index in [2.05, 4.69) is 15.6 Å². The Labute approximate surface area is 136 Å². The number of rotatable bonds is 3. The van der Waals surface area contributed by atoms with Gasteiger partial charge in [-0.05, 0) is 37.8 Å². The summed E-state index contributed by atoms with van der Waals surface area (Å²) < 4.78 is 0. The summed E-state index contributed by atoms with van der Waals surface area (Å²) in [6.45, 7) is 3.40. The van der Waals surface area contributed by atoms with Crippen molar-refractivity contribution < 1.29 is 9.59 Å². The number of carbonyl (C=O) groups excluding carboxylic acids is 2. The lowest BCUT2D eigenvalue weighted by Crippen LogP contribution is -2.52. The van der Waals surface area contributed by atoms with Gasteiger partial charge in [-0.1, -0.05) is 12.5 Å².